The van der Waals surface area contributed by atoms with Crippen LogP contribution in [0.3, 0.4) is 0 Å². The zero-order valence-electron chi connectivity index (χ0n) is 14.0. The van der Waals surface area contributed by atoms with Gasteiger partial charge in [0.2, 0.25) is 0 Å². The van der Waals surface area contributed by atoms with Gasteiger partial charge in [0, 0.05) is 12.1 Å². The van der Waals surface area contributed by atoms with Crippen molar-refractivity contribution in [3.63, 3.8) is 0 Å². The molecule has 25 heavy (non-hydrogen) atoms. The number of carbonyl (C=O) groups is 1. The van der Waals surface area contributed by atoms with Crippen LogP contribution in [0.4, 0.5) is 10.5 Å². The van der Waals surface area contributed by atoms with Gasteiger partial charge in [-0.1, -0.05) is 25.5 Å². The molecule has 0 saturated carbocycles. The number of fused-ring (bicyclic) bond motifs is 1. The van der Waals surface area contributed by atoms with Crippen molar-refractivity contribution in [1.29, 1.82) is 0 Å². The third-order valence-corrected chi connectivity index (χ3v) is 3.99. The van der Waals surface area contributed by atoms with E-state index in [1.54, 1.807) is 34.9 Å². The van der Waals surface area contributed by atoms with Crippen LogP contribution in [-0.4, -0.2) is 15.6 Å². The molecular weight excluding hydrogens is 316 g/mol. The Morgan fingerprint density at radius 3 is 2.56 bits per heavy atom. The van der Waals surface area contributed by atoms with Crippen LogP contribution in [0.25, 0.3) is 16.6 Å². The quantitative estimate of drug-likeness (QED) is 0.749. The summed E-state index contributed by atoms with van der Waals surface area (Å²) in [6, 6.07) is 13.7. The van der Waals surface area contributed by atoms with Gasteiger partial charge in [-0.2, -0.15) is 0 Å². The zero-order valence-corrected chi connectivity index (χ0v) is 14.0. The van der Waals surface area contributed by atoms with Gasteiger partial charge in [0.1, 0.15) is 5.82 Å². The second-order valence-electron chi connectivity index (χ2n) is 5.83. The lowest BCUT2D eigenvalue weighted by Crippen LogP contribution is -2.24. The van der Waals surface area contributed by atoms with Crippen molar-refractivity contribution in [1.82, 2.24) is 9.55 Å². The maximum atomic E-state index is 13.0. The number of hydrogen-bond acceptors (Lipinski definition) is 3. The van der Waals surface area contributed by atoms with Crippen molar-refractivity contribution < 1.29 is 4.79 Å². The molecular formula is C19H20N4O2. The minimum atomic E-state index is -0.624. The molecule has 0 aliphatic carbocycles. The fourth-order valence-electron chi connectivity index (χ4n) is 2.78. The van der Waals surface area contributed by atoms with Crippen LogP contribution in [-0.2, 0) is 6.42 Å². The number of nitrogens with zero attached hydrogens (tertiary/aromatic N) is 2. The molecule has 6 nitrogen and oxygen atoms in total. The van der Waals surface area contributed by atoms with Crippen molar-refractivity contribution in [2.75, 3.05) is 5.32 Å². The Balaban J connectivity index is 2.14. The molecule has 0 spiro atoms. The maximum absolute atomic E-state index is 13.0. The molecule has 0 saturated heterocycles. The van der Waals surface area contributed by atoms with Gasteiger partial charge in [-0.25, -0.2) is 9.78 Å². The molecule has 0 fully saturated rings. The van der Waals surface area contributed by atoms with E-state index in [0.717, 1.165) is 25.1 Å². The van der Waals surface area contributed by atoms with E-state index in [4.69, 9.17) is 10.7 Å². The summed E-state index contributed by atoms with van der Waals surface area (Å²) >= 11 is 0. The van der Waals surface area contributed by atoms with Crippen LogP contribution in [0, 0.1) is 0 Å². The number of hydrogen-bond donors (Lipinski definition) is 2. The number of nitrogens with one attached hydrogen (secondary N) is 1. The van der Waals surface area contributed by atoms with Gasteiger partial charge in [-0.05, 0) is 42.8 Å². The first-order chi connectivity index (χ1) is 12.1. The van der Waals surface area contributed by atoms with Crippen LogP contribution in [0.1, 0.15) is 25.6 Å². The van der Waals surface area contributed by atoms with Gasteiger partial charge < -0.3 is 11.1 Å². The predicted octanol–water partition coefficient (Wildman–Crippen LogP) is 3.22. The normalized spacial score (nSPS) is 10.8. The van der Waals surface area contributed by atoms with Crippen molar-refractivity contribution in [2.24, 2.45) is 5.73 Å². The molecule has 1 heterocycles. The second kappa shape index (κ2) is 7.17. The molecule has 0 aliphatic heterocycles. The summed E-state index contributed by atoms with van der Waals surface area (Å²) in [6.07, 6.45) is 2.69. The second-order valence-corrected chi connectivity index (χ2v) is 5.83. The fourth-order valence-corrected chi connectivity index (χ4v) is 2.78. The fraction of sp³-hybridized carbons (Fsp3) is 0.211. The number of benzene rings is 2. The SMILES string of the molecule is CCCCc1nc2ccccc2c(=O)n1-c1ccc(NC(N)=O)cc1. The Morgan fingerprint density at radius 1 is 1.16 bits per heavy atom. The summed E-state index contributed by atoms with van der Waals surface area (Å²) in [5.74, 6) is 0.737. The van der Waals surface area contributed by atoms with Crippen LogP contribution >= 0.6 is 0 Å². The number of amides is 2. The molecule has 3 aromatic rings. The van der Waals surface area contributed by atoms with Gasteiger partial charge in [0.15, 0.2) is 0 Å². The van der Waals surface area contributed by atoms with Crippen molar-refractivity contribution in [3.05, 3.63) is 64.7 Å². The minimum absolute atomic E-state index is 0.0905. The monoisotopic (exact) mass is 336 g/mol. The van der Waals surface area contributed by atoms with Crippen LogP contribution < -0.4 is 16.6 Å². The highest BCUT2D eigenvalue weighted by molar-refractivity contribution is 5.87. The number of rotatable bonds is 5. The minimum Gasteiger partial charge on any atom is -0.351 e. The smallest absolute Gasteiger partial charge is 0.316 e. The van der Waals surface area contributed by atoms with Gasteiger partial charge in [-0.3, -0.25) is 9.36 Å². The first kappa shape index (κ1) is 16.7. The molecule has 1 aromatic heterocycles. The third-order valence-electron chi connectivity index (χ3n) is 3.99. The molecule has 2 amide bonds. The molecule has 0 unspecified atom stereocenters. The van der Waals surface area contributed by atoms with Crippen molar-refractivity contribution in [3.8, 4) is 5.69 Å². The molecule has 128 valence electrons. The van der Waals surface area contributed by atoms with E-state index in [1.165, 1.54) is 0 Å². The Bertz CT molecular complexity index is 961. The summed E-state index contributed by atoms with van der Waals surface area (Å²) in [6.45, 7) is 2.10. The molecule has 0 bridgehead atoms. The van der Waals surface area contributed by atoms with Crippen molar-refractivity contribution >= 4 is 22.6 Å². The summed E-state index contributed by atoms with van der Waals surface area (Å²) in [5, 5.41) is 3.10. The van der Waals surface area contributed by atoms with Gasteiger partial charge >= 0.3 is 6.03 Å². The largest absolute Gasteiger partial charge is 0.351 e. The molecule has 2 aromatic carbocycles. The highest BCUT2D eigenvalue weighted by Crippen LogP contribution is 2.17. The van der Waals surface area contributed by atoms with E-state index in [-0.39, 0.29) is 5.56 Å². The Morgan fingerprint density at radius 2 is 1.88 bits per heavy atom. The predicted molar refractivity (Wildman–Crippen MR) is 99.2 cm³/mol. The summed E-state index contributed by atoms with van der Waals surface area (Å²) in [4.78, 5) is 28.6. The Labute approximate surface area is 145 Å². The van der Waals surface area contributed by atoms with Crippen LogP contribution in [0.5, 0.6) is 0 Å². The first-order valence-electron chi connectivity index (χ1n) is 8.27. The number of anilines is 1. The van der Waals surface area contributed by atoms with Gasteiger partial charge in [0.05, 0.1) is 16.6 Å². The number of nitrogens with two attached hydrogens (primary N) is 1. The highest BCUT2D eigenvalue weighted by atomic mass is 16.2. The van der Waals surface area contributed by atoms with E-state index < -0.39 is 6.03 Å². The average molecular weight is 336 g/mol. The molecule has 0 radical (unpaired) electrons. The van der Waals surface area contributed by atoms with Crippen molar-refractivity contribution in [2.45, 2.75) is 26.2 Å². The lowest BCUT2D eigenvalue weighted by molar-refractivity contribution is 0.259. The summed E-state index contributed by atoms with van der Waals surface area (Å²) in [7, 11) is 0. The number of carbonyl (C=O) groups excluding carboxylic acids is 1. The average Bonchev–Trinajstić information content (AvgIpc) is 2.60. The maximum Gasteiger partial charge on any atom is 0.316 e. The zero-order chi connectivity index (χ0) is 17.8. The number of urea groups is 1. The van der Waals surface area contributed by atoms with E-state index in [1.807, 2.05) is 18.2 Å². The molecule has 3 rings (SSSR count). The molecule has 6 heteroatoms. The van der Waals surface area contributed by atoms with Gasteiger partial charge in [-0.15, -0.1) is 0 Å². The number of primary amides is 1. The standard InChI is InChI=1S/C19H20N4O2/c1-2-3-8-17-22-16-7-5-4-6-15(16)18(24)23(17)14-11-9-13(10-12-14)21-19(20)25/h4-7,9-12H,2-3,8H2,1H3,(H3,20,21,25). The summed E-state index contributed by atoms with van der Waals surface area (Å²) < 4.78 is 1.64. The Kier molecular flexibility index (Phi) is 4.79. The van der Waals surface area contributed by atoms with E-state index >= 15 is 0 Å². The lowest BCUT2D eigenvalue weighted by atomic mass is 10.2. The number of aryl methyl sites for hydroxylation is 1. The topological polar surface area (TPSA) is 90.0 Å². The van der Waals surface area contributed by atoms with Gasteiger partial charge in [0.25, 0.3) is 5.56 Å². The Hall–Kier alpha value is -3.15. The van der Waals surface area contributed by atoms with E-state index in [2.05, 4.69) is 12.2 Å². The molecule has 3 N–H and O–H groups in total. The molecule has 0 atom stereocenters. The van der Waals surface area contributed by atoms with E-state index in [0.29, 0.717) is 22.3 Å². The lowest BCUT2D eigenvalue weighted by Gasteiger charge is -2.14. The van der Waals surface area contributed by atoms with E-state index in [9.17, 15) is 9.59 Å². The summed E-state index contributed by atoms with van der Waals surface area (Å²) in [5.41, 5.74) is 7.03. The van der Waals surface area contributed by atoms with Crippen LogP contribution in [0.2, 0.25) is 0 Å². The van der Waals surface area contributed by atoms with Crippen LogP contribution in [0.15, 0.2) is 53.3 Å². The number of para-hydroxylation sites is 1. The number of aromatic nitrogens is 2. The molecule has 0 aliphatic rings. The first-order valence-corrected chi connectivity index (χ1v) is 8.27. The number of unbranched alkanes of at least 4 members (excludes halogenated alkanes) is 1. The highest BCUT2D eigenvalue weighted by Gasteiger charge is 2.12. The third kappa shape index (κ3) is 3.52.